The minimum atomic E-state index is -0.247. The molecule has 2 fully saturated rings. The number of carbonyl (C=O) groups is 1. The van der Waals surface area contributed by atoms with Crippen LogP contribution in [-0.2, 0) is 4.74 Å². The molecule has 0 aromatic rings. The third-order valence-corrected chi connectivity index (χ3v) is 4.42. The summed E-state index contributed by atoms with van der Waals surface area (Å²) >= 11 is 0. The normalized spacial score (nSPS) is 29.8. The average molecular weight is 254 g/mol. The number of ether oxygens (including phenoxy) is 1. The molecule has 2 N–H and O–H groups in total. The van der Waals surface area contributed by atoms with E-state index >= 15 is 0 Å². The topological polar surface area (TPSA) is 50.4 Å². The molecule has 2 rings (SSSR count). The first-order chi connectivity index (χ1) is 8.79. The number of carbonyl (C=O) groups excluding carboxylic acids is 1. The van der Waals surface area contributed by atoms with Gasteiger partial charge in [-0.3, -0.25) is 0 Å². The number of piperidine rings is 1. The first-order valence-corrected chi connectivity index (χ1v) is 7.43. The van der Waals surface area contributed by atoms with E-state index in [2.05, 4.69) is 10.6 Å². The van der Waals surface area contributed by atoms with Crippen molar-refractivity contribution in [3.05, 3.63) is 0 Å². The number of rotatable bonds is 3. The number of amides is 1. The Morgan fingerprint density at radius 1 is 1.11 bits per heavy atom. The van der Waals surface area contributed by atoms with Crippen LogP contribution in [0.4, 0.5) is 4.79 Å². The zero-order chi connectivity index (χ0) is 12.8. The summed E-state index contributed by atoms with van der Waals surface area (Å²) in [4.78, 5) is 11.4. The van der Waals surface area contributed by atoms with Crippen LogP contribution in [0.1, 0.15) is 45.4 Å². The van der Waals surface area contributed by atoms with Crippen LogP contribution < -0.4 is 10.6 Å². The van der Waals surface area contributed by atoms with Gasteiger partial charge in [0.25, 0.3) is 0 Å². The molecule has 4 heteroatoms. The van der Waals surface area contributed by atoms with Crippen LogP contribution in [-0.4, -0.2) is 31.8 Å². The Balaban J connectivity index is 1.69. The second kappa shape index (κ2) is 6.98. The van der Waals surface area contributed by atoms with Gasteiger partial charge in [-0.1, -0.05) is 0 Å². The van der Waals surface area contributed by atoms with Gasteiger partial charge in [-0.15, -0.1) is 0 Å². The maximum atomic E-state index is 11.4. The van der Waals surface area contributed by atoms with Gasteiger partial charge < -0.3 is 15.4 Å². The van der Waals surface area contributed by atoms with Crippen LogP contribution in [0.5, 0.6) is 0 Å². The number of alkyl carbamates (subject to hydrolysis) is 1. The molecule has 1 heterocycles. The van der Waals surface area contributed by atoms with Gasteiger partial charge in [0, 0.05) is 6.04 Å². The van der Waals surface area contributed by atoms with Crippen LogP contribution in [0.3, 0.4) is 0 Å². The lowest BCUT2D eigenvalue weighted by Crippen LogP contribution is -2.40. The standard InChI is InChI=1S/C14H26N2O2/c1-2-18-14(17)16-13-5-3-11(4-6-13)12-7-9-15-10-8-12/h11-13,15H,2-10H2,1H3,(H,16,17). The van der Waals surface area contributed by atoms with E-state index in [1.165, 1.54) is 38.8 Å². The molecule has 2 aliphatic rings. The van der Waals surface area contributed by atoms with Crippen molar-refractivity contribution in [1.29, 1.82) is 0 Å². The van der Waals surface area contributed by atoms with Crippen molar-refractivity contribution in [3.8, 4) is 0 Å². The summed E-state index contributed by atoms with van der Waals surface area (Å²) in [6, 6.07) is 0.335. The van der Waals surface area contributed by atoms with Gasteiger partial charge in [-0.25, -0.2) is 4.79 Å². The van der Waals surface area contributed by atoms with Gasteiger partial charge in [0.1, 0.15) is 0 Å². The van der Waals surface area contributed by atoms with Crippen molar-refractivity contribution in [2.45, 2.75) is 51.5 Å². The zero-order valence-electron chi connectivity index (χ0n) is 11.4. The Labute approximate surface area is 110 Å². The number of hydrogen-bond donors (Lipinski definition) is 2. The first kappa shape index (κ1) is 13.7. The van der Waals surface area contributed by atoms with Crippen LogP contribution in [0, 0.1) is 11.8 Å². The molecule has 0 unspecified atom stereocenters. The van der Waals surface area contributed by atoms with Crippen LogP contribution in [0.2, 0.25) is 0 Å². The molecule has 0 radical (unpaired) electrons. The highest BCUT2D eigenvalue weighted by atomic mass is 16.5. The summed E-state index contributed by atoms with van der Waals surface area (Å²) in [6.07, 6.45) is 7.19. The third kappa shape index (κ3) is 3.87. The Kier molecular flexibility index (Phi) is 5.29. The molecular weight excluding hydrogens is 228 g/mol. The molecule has 0 aromatic heterocycles. The highest BCUT2D eigenvalue weighted by Gasteiger charge is 2.29. The van der Waals surface area contributed by atoms with Crippen LogP contribution >= 0.6 is 0 Å². The van der Waals surface area contributed by atoms with Gasteiger partial charge in [0.05, 0.1) is 6.61 Å². The van der Waals surface area contributed by atoms with Crippen molar-refractivity contribution in [2.75, 3.05) is 19.7 Å². The van der Waals surface area contributed by atoms with Gasteiger partial charge >= 0.3 is 6.09 Å². The second-order valence-corrected chi connectivity index (χ2v) is 5.56. The zero-order valence-corrected chi connectivity index (χ0v) is 11.4. The van der Waals surface area contributed by atoms with Gasteiger partial charge in [0.2, 0.25) is 0 Å². The minimum Gasteiger partial charge on any atom is -0.450 e. The Bertz CT molecular complexity index is 257. The fraction of sp³-hybridized carbons (Fsp3) is 0.929. The molecular formula is C14H26N2O2. The predicted molar refractivity (Wildman–Crippen MR) is 71.5 cm³/mol. The van der Waals surface area contributed by atoms with E-state index in [0.717, 1.165) is 24.7 Å². The Hall–Kier alpha value is -0.770. The molecule has 1 aliphatic carbocycles. The summed E-state index contributed by atoms with van der Waals surface area (Å²) < 4.78 is 4.93. The van der Waals surface area contributed by atoms with Gasteiger partial charge in [-0.05, 0) is 70.4 Å². The number of hydrogen-bond acceptors (Lipinski definition) is 3. The second-order valence-electron chi connectivity index (χ2n) is 5.56. The maximum Gasteiger partial charge on any atom is 0.407 e. The molecule has 0 aromatic carbocycles. The first-order valence-electron chi connectivity index (χ1n) is 7.43. The fourth-order valence-corrected chi connectivity index (χ4v) is 3.39. The van der Waals surface area contributed by atoms with E-state index in [1.807, 2.05) is 6.92 Å². The monoisotopic (exact) mass is 254 g/mol. The van der Waals surface area contributed by atoms with E-state index in [-0.39, 0.29) is 6.09 Å². The van der Waals surface area contributed by atoms with E-state index in [4.69, 9.17) is 4.74 Å². The average Bonchev–Trinajstić information content (AvgIpc) is 2.41. The summed E-state index contributed by atoms with van der Waals surface area (Å²) in [5.74, 6) is 1.79. The molecule has 1 saturated heterocycles. The van der Waals surface area contributed by atoms with E-state index in [9.17, 15) is 4.79 Å². The smallest absolute Gasteiger partial charge is 0.407 e. The molecule has 0 spiro atoms. The molecule has 0 bridgehead atoms. The summed E-state index contributed by atoms with van der Waals surface area (Å²) in [5, 5.41) is 6.40. The number of nitrogens with one attached hydrogen (secondary N) is 2. The highest BCUT2D eigenvalue weighted by Crippen LogP contribution is 2.34. The van der Waals surface area contributed by atoms with Crippen LogP contribution in [0.25, 0.3) is 0 Å². The Morgan fingerprint density at radius 2 is 1.72 bits per heavy atom. The lowest BCUT2D eigenvalue weighted by Gasteiger charge is -2.36. The molecule has 1 amide bonds. The summed E-state index contributed by atoms with van der Waals surface area (Å²) in [6.45, 7) is 4.67. The largest absolute Gasteiger partial charge is 0.450 e. The van der Waals surface area contributed by atoms with Crippen molar-refractivity contribution >= 4 is 6.09 Å². The lowest BCUT2D eigenvalue weighted by molar-refractivity contribution is 0.136. The molecule has 4 nitrogen and oxygen atoms in total. The maximum absolute atomic E-state index is 11.4. The van der Waals surface area contributed by atoms with Crippen LogP contribution in [0.15, 0.2) is 0 Å². The molecule has 0 atom stereocenters. The minimum absolute atomic E-state index is 0.247. The summed E-state index contributed by atoms with van der Waals surface area (Å²) in [5.41, 5.74) is 0. The van der Waals surface area contributed by atoms with Gasteiger partial charge in [-0.2, -0.15) is 0 Å². The molecule has 1 saturated carbocycles. The van der Waals surface area contributed by atoms with E-state index < -0.39 is 0 Å². The van der Waals surface area contributed by atoms with Crippen molar-refractivity contribution < 1.29 is 9.53 Å². The highest BCUT2D eigenvalue weighted by molar-refractivity contribution is 5.67. The van der Waals surface area contributed by atoms with Crippen molar-refractivity contribution in [3.63, 3.8) is 0 Å². The van der Waals surface area contributed by atoms with E-state index in [0.29, 0.717) is 12.6 Å². The van der Waals surface area contributed by atoms with Crippen molar-refractivity contribution in [1.82, 2.24) is 10.6 Å². The molecule has 18 heavy (non-hydrogen) atoms. The SMILES string of the molecule is CCOC(=O)NC1CCC(C2CCNCC2)CC1. The third-order valence-electron chi connectivity index (χ3n) is 4.42. The fourth-order valence-electron chi connectivity index (χ4n) is 3.39. The van der Waals surface area contributed by atoms with E-state index in [1.54, 1.807) is 0 Å². The summed E-state index contributed by atoms with van der Waals surface area (Å²) in [7, 11) is 0. The van der Waals surface area contributed by atoms with Crippen molar-refractivity contribution in [2.24, 2.45) is 11.8 Å². The molecule has 104 valence electrons. The van der Waals surface area contributed by atoms with Gasteiger partial charge in [0.15, 0.2) is 0 Å². The quantitative estimate of drug-likeness (QED) is 0.812. The predicted octanol–water partition coefficient (Wildman–Crippen LogP) is 2.29. The lowest BCUT2D eigenvalue weighted by atomic mass is 9.75. The molecule has 1 aliphatic heterocycles. The Morgan fingerprint density at radius 3 is 2.33 bits per heavy atom.